The molecule has 0 saturated carbocycles. The summed E-state index contributed by atoms with van der Waals surface area (Å²) in [5.41, 5.74) is 14.0. The minimum absolute atomic E-state index is 0.908. The Hall–Kier alpha value is -9.30. The summed E-state index contributed by atoms with van der Waals surface area (Å²) >= 11 is 0. The highest BCUT2D eigenvalue weighted by Crippen LogP contribution is 2.48. The number of hydrogen-bond acceptors (Lipinski definition) is 1. The lowest BCUT2D eigenvalue weighted by Crippen LogP contribution is -1.91. The molecule has 0 N–H and O–H groups in total. The Kier molecular flexibility index (Phi) is 8.73. The molecule has 15 rings (SSSR count). The first-order valence-corrected chi connectivity index (χ1v) is 24.6. The highest BCUT2D eigenvalue weighted by atomic mass is 16.3. The lowest BCUT2D eigenvalue weighted by Gasteiger charge is -2.18. The van der Waals surface area contributed by atoms with E-state index in [2.05, 4.69) is 249 Å². The van der Waals surface area contributed by atoms with Crippen molar-refractivity contribution in [2.45, 2.75) is 0 Å². The van der Waals surface area contributed by atoms with Gasteiger partial charge >= 0.3 is 0 Å². The van der Waals surface area contributed by atoms with Gasteiger partial charge in [0.1, 0.15) is 11.2 Å². The second-order valence-electron chi connectivity index (χ2n) is 19.1. The van der Waals surface area contributed by atoms with Crippen LogP contribution in [0.1, 0.15) is 0 Å². The molecule has 0 unspecified atom stereocenters. The minimum atomic E-state index is 0.908. The van der Waals surface area contributed by atoms with Crippen molar-refractivity contribution in [2.75, 3.05) is 0 Å². The highest BCUT2D eigenvalue weighted by molar-refractivity contribution is 6.25. The van der Waals surface area contributed by atoms with E-state index in [-0.39, 0.29) is 0 Å². The first-order valence-electron chi connectivity index (χ1n) is 24.6. The standard InChI is InChI=1S/C70H42O/c1-2-15-46-38-49(35-30-43(46)14-1)66-55-17-3-5-19-57(55)67(58-20-6-4-18-56(58)66)50-36-31-44-28-33-47(39-52(44)41-50)48-34-29-45-32-37-51(42-53(45)40-48)68-59-21-7-9-23-61(59)69(62-24-10-8-22-60(62)68)64-26-13-25-63-54-16-11-12-27-65(54)71-70(63)64/h1-42H. The molecule has 0 bridgehead atoms. The van der Waals surface area contributed by atoms with Crippen LogP contribution in [-0.4, -0.2) is 0 Å². The summed E-state index contributed by atoms with van der Waals surface area (Å²) in [4.78, 5) is 0. The van der Waals surface area contributed by atoms with Gasteiger partial charge in [0, 0.05) is 21.9 Å². The van der Waals surface area contributed by atoms with Gasteiger partial charge < -0.3 is 4.42 Å². The van der Waals surface area contributed by atoms with E-state index in [1.165, 1.54) is 125 Å². The largest absolute Gasteiger partial charge is 0.455 e. The summed E-state index contributed by atoms with van der Waals surface area (Å²) in [5.74, 6) is 0. The third-order valence-electron chi connectivity index (χ3n) is 15.2. The molecule has 71 heavy (non-hydrogen) atoms. The van der Waals surface area contributed by atoms with Gasteiger partial charge in [-0.1, -0.05) is 218 Å². The summed E-state index contributed by atoms with van der Waals surface area (Å²) in [6.45, 7) is 0. The van der Waals surface area contributed by atoms with Crippen LogP contribution in [0.15, 0.2) is 259 Å². The molecule has 1 heteroatoms. The summed E-state index contributed by atoms with van der Waals surface area (Å²) in [7, 11) is 0. The molecule has 0 radical (unpaired) electrons. The zero-order valence-corrected chi connectivity index (χ0v) is 38.7. The van der Waals surface area contributed by atoms with Crippen molar-refractivity contribution in [2.24, 2.45) is 0 Å². The normalized spacial score (nSPS) is 11.9. The predicted octanol–water partition coefficient (Wildman–Crippen LogP) is 20.0. The van der Waals surface area contributed by atoms with Gasteiger partial charge in [0.2, 0.25) is 0 Å². The monoisotopic (exact) mass is 898 g/mol. The number of benzene rings is 14. The summed E-state index contributed by atoms with van der Waals surface area (Å²) in [6.07, 6.45) is 0. The average molecular weight is 899 g/mol. The van der Waals surface area contributed by atoms with E-state index in [0.29, 0.717) is 0 Å². The number of hydrogen-bond donors (Lipinski definition) is 0. The Bertz CT molecular complexity index is 4590. The predicted molar refractivity (Wildman–Crippen MR) is 303 cm³/mol. The quantitative estimate of drug-likeness (QED) is 0.157. The fraction of sp³-hybridized carbons (Fsp3) is 0. The molecule has 0 aliphatic heterocycles. The van der Waals surface area contributed by atoms with Crippen molar-refractivity contribution >= 4 is 97.3 Å². The molecule has 0 fully saturated rings. The Balaban J connectivity index is 0.859. The smallest absolute Gasteiger partial charge is 0.143 e. The van der Waals surface area contributed by atoms with Gasteiger partial charge in [-0.15, -0.1) is 0 Å². The molecule has 14 aromatic carbocycles. The molecule has 0 atom stereocenters. The molecule has 0 aliphatic rings. The topological polar surface area (TPSA) is 13.1 Å². The Morgan fingerprint density at radius 3 is 0.986 bits per heavy atom. The van der Waals surface area contributed by atoms with Crippen LogP contribution in [0.25, 0.3) is 153 Å². The molecule has 1 nitrogen and oxygen atoms in total. The summed E-state index contributed by atoms with van der Waals surface area (Å²) in [5, 5.41) is 19.6. The fourth-order valence-electron chi connectivity index (χ4n) is 11.9. The highest BCUT2D eigenvalue weighted by Gasteiger charge is 2.21. The van der Waals surface area contributed by atoms with Crippen LogP contribution >= 0.6 is 0 Å². The van der Waals surface area contributed by atoms with Crippen molar-refractivity contribution in [3.8, 4) is 55.6 Å². The second kappa shape index (κ2) is 15.6. The van der Waals surface area contributed by atoms with E-state index < -0.39 is 0 Å². The Labute approximate surface area is 410 Å². The van der Waals surface area contributed by atoms with Crippen LogP contribution in [0, 0.1) is 0 Å². The summed E-state index contributed by atoms with van der Waals surface area (Å²) in [6, 6.07) is 94.0. The third-order valence-corrected chi connectivity index (χ3v) is 15.2. The maximum absolute atomic E-state index is 6.65. The first kappa shape index (κ1) is 39.7. The van der Waals surface area contributed by atoms with Crippen molar-refractivity contribution in [3.05, 3.63) is 255 Å². The first-order chi connectivity index (χ1) is 35.2. The van der Waals surface area contributed by atoms with Crippen LogP contribution in [0.3, 0.4) is 0 Å². The molecular weight excluding hydrogens is 857 g/mol. The lowest BCUT2D eigenvalue weighted by molar-refractivity contribution is 0.670. The van der Waals surface area contributed by atoms with Crippen molar-refractivity contribution in [1.29, 1.82) is 0 Å². The molecular formula is C70H42O. The average Bonchev–Trinajstić information content (AvgIpc) is 3.82. The van der Waals surface area contributed by atoms with E-state index >= 15 is 0 Å². The zero-order chi connectivity index (χ0) is 46.6. The zero-order valence-electron chi connectivity index (χ0n) is 38.7. The number of fused-ring (bicyclic) bond motifs is 10. The second-order valence-corrected chi connectivity index (χ2v) is 19.1. The molecule has 0 aliphatic carbocycles. The van der Waals surface area contributed by atoms with Crippen molar-refractivity contribution in [1.82, 2.24) is 0 Å². The molecule has 0 spiro atoms. The van der Waals surface area contributed by atoms with Crippen molar-refractivity contribution < 1.29 is 4.42 Å². The van der Waals surface area contributed by atoms with E-state index in [1.807, 2.05) is 6.07 Å². The van der Waals surface area contributed by atoms with E-state index in [0.717, 1.165) is 27.5 Å². The Morgan fingerprint density at radius 2 is 0.521 bits per heavy atom. The van der Waals surface area contributed by atoms with Gasteiger partial charge in [-0.2, -0.15) is 0 Å². The van der Waals surface area contributed by atoms with Gasteiger partial charge in [0.25, 0.3) is 0 Å². The number of rotatable bonds is 5. The molecule has 1 heterocycles. The maximum Gasteiger partial charge on any atom is 0.143 e. The summed E-state index contributed by atoms with van der Waals surface area (Å²) < 4.78 is 6.65. The molecule has 0 saturated heterocycles. The third kappa shape index (κ3) is 6.20. The van der Waals surface area contributed by atoms with Crippen LogP contribution in [0.4, 0.5) is 0 Å². The number of furan rings is 1. The van der Waals surface area contributed by atoms with Crippen LogP contribution < -0.4 is 0 Å². The molecule has 15 aromatic rings. The minimum Gasteiger partial charge on any atom is -0.455 e. The maximum atomic E-state index is 6.65. The Morgan fingerprint density at radius 1 is 0.197 bits per heavy atom. The van der Waals surface area contributed by atoms with Gasteiger partial charge in [-0.25, -0.2) is 0 Å². The SMILES string of the molecule is c1ccc2cc(-c3c4ccccc4c(-c4ccc5ccc(-c6ccc7ccc(-c8c9ccccc9c(-c9cccc%10c9oc9ccccc9%10)c9ccccc89)cc7c6)cc5c4)c4ccccc34)ccc2c1. The van der Waals surface area contributed by atoms with Gasteiger partial charge in [0.05, 0.1) is 0 Å². The van der Waals surface area contributed by atoms with Crippen molar-refractivity contribution in [3.63, 3.8) is 0 Å². The van der Waals surface area contributed by atoms with Crippen LogP contribution in [-0.2, 0) is 0 Å². The number of para-hydroxylation sites is 2. The molecule has 1 aromatic heterocycles. The van der Waals surface area contributed by atoms with Gasteiger partial charge in [-0.05, 0) is 156 Å². The van der Waals surface area contributed by atoms with Crippen LogP contribution in [0.2, 0.25) is 0 Å². The fourth-order valence-corrected chi connectivity index (χ4v) is 11.9. The van der Waals surface area contributed by atoms with Gasteiger partial charge in [-0.3, -0.25) is 0 Å². The van der Waals surface area contributed by atoms with E-state index in [1.54, 1.807) is 0 Å². The van der Waals surface area contributed by atoms with Crippen LogP contribution in [0.5, 0.6) is 0 Å². The van der Waals surface area contributed by atoms with Gasteiger partial charge in [0.15, 0.2) is 0 Å². The molecule has 0 amide bonds. The lowest BCUT2D eigenvalue weighted by atomic mass is 9.85. The van der Waals surface area contributed by atoms with E-state index in [9.17, 15) is 0 Å². The van der Waals surface area contributed by atoms with E-state index in [4.69, 9.17) is 4.42 Å². The molecule has 328 valence electrons.